The molecule has 1 aromatic carbocycles. The molecule has 10 nitrogen and oxygen atoms in total. The molecule has 0 aliphatic carbocycles. The van der Waals surface area contributed by atoms with Crippen LogP contribution in [0, 0.1) is 5.41 Å². The van der Waals surface area contributed by atoms with Crippen LogP contribution in [0.2, 0.25) is 0 Å². The van der Waals surface area contributed by atoms with Crippen molar-refractivity contribution in [3.05, 3.63) is 66.1 Å². The minimum Gasteiger partial charge on any atom is -0.444 e. The van der Waals surface area contributed by atoms with Gasteiger partial charge in [0.2, 0.25) is 10.0 Å². The Kier molecular flexibility index (Phi) is 7.15. The van der Waals surface area contributed by atoms with Crippen molar-refractivity contribution < 1.29 is 22.7 Å². The number of fused-ring (bicyclic) bond motifs is 1. The smallest absolute Gasteiger partial charge is 0.410 e. The lowest BCUT2D eigenvalue weighted by Gasteiger charge is -2.39. The number of likely N-dealkylation sites (tertiary alicyclic amines) is 1. The fraction of sp³-hybridized carbons (Fsp3) is 0.464. The quantitative estimate of drug-likeness (QED) is 0.516. The summed E-state index contributed by atoms with van der Waals surface area (Å²) in [6.07, 6.45) is 7.20. The van der Waals surface area contributed by atoms with Crippen molar-refractivity contribution in [1.29, 1.82) is 0 Å². The molecule has 2 aliphatic heterocycles. The molecule has 3 aromatic rings. The number of aromatic nitrogens is 2. The van der Waals surface area contributed by atoms with Gasteiger partial charge in [0.25, 0.3) is 5.91 Å². The number of amides is 2. The molecule has 2 amide bonds. The Labute approximate surface area is 229 Å². The molecule has 2 aliphatic rings. The van der Waals surface area contributed by atoms with Gasteiger partial charge in [0.1, 0.15) is 11.2 Å². The van der Waals surface area contributed by atoms with Gasteiger partial charge in [-0.05, 0) is 69.9 Å². The summed E-state index contributed by atoms with van der Waals surface area (Å²) >= 11 is 0. The van der Waals surface area contributed by atoms with Crippen LogP contribution in [0.1, 0.15) is 56.0 Å². The van der Waals surface area contributed by atoms with Gasteiger partial charge < -0.3 is 19.4 Å². The maximum atomic E-state index is 13.5. The number of carbonyl (C=O) groups excluding carboxylic acids is 2. The Bertz CT molecular complexity index is 1480. The van der Waals surface area contributed by atoms with E-state index in [4.69, 9.17) is 4.74 Å². The first kappa shape index (κ1) is 27.1. The number of hydrogen-bond donors (Lipinski definition) is 1. The zero-order valence-corrected chi connectivity index (χ0v) is 23.4. The summed E-state index contributed by atoms with van der Waals surface area (Å²) in [6, 6.07) is 10.1. The molecule has 1 N–H and O–H groups in total. The summed E-state index contributed by atoms with van der Waals surface area (Å²) in [6.45, 7) is 7.70. The van der Waals surface area contributed by atoms with E-state index < -0.39 is 15.6 Å². The van der Waals surface area contributed by atoms with E-state index >= 15 is 0 Å². The number of nitrogens with one attached hydrogen (secondary N) is 1. The molecule has 1 unspecified atom stereocenters. The van der Waals surface area contributed by atoms with Crippen molar-refractivity contribution >= 4 is 27.7 Å². The van der Waals surface area contributed by atoms with Crippen LogP contribution in [-0.4, -0.2) is 70.8 Å². The fourth-order valence-electron chi connectivity index (χ4n) is 5.39. The van der Waals surface area contributed by atoms with Gasteiger partial charge in [-0.1, -0.05) is 12.1 Å². The SMILES string of the molecule is CC(C)(C)OC(=O)N1CCC2(CCCN(S(=O)(=O)c3ccc(CNC(=O)c4ccc5nccn5c4)cc3)C2)C1. The van der Waals surface area contributed by atoms with Crippen molar-refractivity contribution in [3.8, 4) is 0 Å². The molecular weight excluding hydrogens is 518 g/mol. The van der Waals surface area contributed by atoms with Crippen molar-refractivity contribution in [1.82, 2.24) is 23.9 Å². The normalized spacial score (nSPS) is 20.4. The Morgan fingerprint density at radius 1 is 1.05 bits per heavy atom. The van der Waals surface area contributed by atoms with E-state index in [0.717, 1.165) is 30.5 Å². The van der Waals surface area contributed by atoms with Crippen LogP contribution in [0.4, 0.5) is 4.79 Å². The summed E-state index contributed by atoms with van der Waals surface area (Å²) < 4.78 is 35.9. The predicted molar refractivity (Wildman–Crippen MR) is 146 cm³/mol. The molecule has 4 heterocycles. The minimum absolute atomic E-state index is 0.224. The molecule has 0 saturated carbocycles. The van der Waals surface area contributed by atoms with Gasteiger partial charge >= 0.3 is 6.09 Å². The number of imidazole rings is 1. The molecule has 5 rings (SSSR count). The minimum atomic E-state index is -3.70. The number of ether oxygens (including phenoxy) is 1. The number of benzene rings is 1. The number of pyridine rings is 1. The van der Waals surface area contributed by atoms with E-state index in [9.17, 15) is 18.0 Å². The molecule has 11 heteroatoms. The number of hydrogen-bond acceptors (Lipinski definition) is 6. The van der Waals surface area contributed by atoms with Gasteiger partial charge in [0, 0.05) is 56.7 Å². The number of carbonyl (C=O) groups is 2. The van der Waals surface area contributed by atoms with E-state index in [1.807, 2.05) is 20.8 Å². The standard InChI is InChI=1S/C28H35N5O5S/c1-27(2,3)38-26(35)32-15-12-28(19-32)11-4-14-33(20-28)39(36,37)23-8-5-21(6-9-23)17-30-25(34)22-7-10-24-29-13-16-31(24)18-22/h5-10,13,16,18H,4,11-12,14-15,17,19-20H2,1-3H3,(H,30,34). The summed E-state index contributed by atoms with van der Waals surface area (Å²) in [5.41, 5.74) is 1.24. The summed E-state index contributed by atoms with van der Waals surface area (Å²) in [7, 11) is -3.70. The number of piperidine rings is 1. The first-order valence-electron chi connectivity index (χ1n) is 13.2. The van der Waals surface area contributed by atoms with Gasteiger partial charge in [0.05, 0.1) is 10.5 Å². The van der Waals surface area contributed by atoms with Gasteiger partial charge in [-0.2, -0.15) is 4.31 Å². The van der Waals surface area contributed by atoms with E-state index in [1.165, 1.54) is 0 Å². The highest BCUT2D eigenvalue weighted by molar-refractivity contribution is 7.89. The topological polar surface area (TPSA) is 113 Å². The molecular formula is C28H35N5O5S. The molecule has 1 atom stereocenters. The third-order valence-electron chi connectivity index (χ3n) is 7.38. The Balaban J connectivity index is 1.20. The molecule has 1 spiro atoms. The third kappa shape index (κ3) is 5.94. The highest BCUT2D eigenvalue weighted by Gasteiger charge is 2.46. The zero-order valence-electron chi connectivity index (χ0n) is 22.6. The maximum Gasteiger partial charge on any atom is 0.410 e. The second kappa shape index (κ2) is 10.3. The van der Waals surface area contributed by atoms with Crippen molar-refractivity contribution in [2.45, 2.75) is 57.1 Å². The van der Waals surface area contributed by atoms with Crippen molar-refractivity contribution in [2.24, 2.45) is 5.41 Å². The van der Waals surface area contributed by atoms with E-state index in [1.54, 1.807) is 68.6 Å². The first-order chi connectivity index (χ1) is 18.4. The first-order valence-corrected chi connectivity index (χ1v) is 14.7. The fourth-order valence-corrected chi connectivity index (χ4v) is 6.98. The number of rotatable bonds is 5. The monoisotopic (exact) mass is 553 g/mol. The molecule has 2 saturated heterocycles. The molecule has 2 aromatic heterocycles. The average Bonchev–Trinajstić information content (AvgIpc) is 3.53. The molecule has 2 fully saturated rings. The lowest BCUT2D eigenvalue weighted by molar-refractivity contribution is 0.0257. The predicted octanol–water partition coefficient (Wildman–Crippen LogP) is 3.68. The lowest BCUT2D eigenvalue weighted by atomic mass is 9.80. The van der Waals surface area contributed by atoms with Crippen molar-refractivity contribution in [2.75, 3.05) is 26.2 Å². The van der Waals surface area contributed by atoms with Gasteiger partial charge in [-0.3, -0.25) is 4.79 Å². The van der Waals surface area contributed by atoms with Gasteiger partial charge in [-0.25, -0.2) is 18.2 Å². The third-order valence-corrected chi connectivity index (χ3v) is 9.24. The van der Waals surface area contributed by atoms with Gasteiger partial charge in [-0.15, -0.1) is 0 Å². The molecule has 208 valence electrons. The second-order valence-electron chi connectivity index (χ2n) is 11.5. The highest BCUT2D eigenvalue weighted by Crippen LogP contribution is 2.41. The van der Waals surface area contributed by atoms with Crippen molar-refractivity contribution in [3.63, 3.8) is 0 Å². The summed E-state index contributed by atoms with van der Waals surface area (Å²) in [4.78, 5) is 31.3. The maximum absolute atomic E-state index is 13.5. The lowest BCUT2D eigenvalue weighted by Crippen LogP contribution is -2.47. The second-order valence-corrected chi connectivity index (χ2v) is 13.5. The molecule has 0 radical (unpaired) electrons. The number of nitrogens with zero attached hydrogens (tertiary/aromatic N) is 4. The van der Waals surface area contributed by atoms with Crippen LogP contribution >= 0.6 is 0 Å². The van der Waals surface area contributed by atoms with Crippen LogP contribution in [0.3, 0.4) is 0 Å². The Morgan fingerprint density at radius 2 is 1.82 bits per heavy atom. The van der Waals surface area contributed by atoms with Crippen LogP contribution in [0.15, 0.2) is 59.9 Å². The Hall–Kier alpha value is -3.44. The number of sulfonamides is 1. The van der Waals surface area contributed by atoms with Crippen LogP contribution in [0.5, 0.6) is 0 Å². The summed E-state index contributed by atoms with van der Waals surface area (Å²) in [5, 5.41) is 2.88. The van der Waals surface area contributed by atoms with E-state index in [0.29, 0.717) is 31.7 Å². The van der Waals surface area contributed by atoms with Crippen LogP contribution in [0.25, 0.3) is 5.65 Å². The Morgan fingerprint density at radius 3 is 2.56 bits per heavy atom. The van der Waals surface area contributed by atoms with E-state index in [-0.39, 0.29) is 28.9 Å². The van der Waals surface area contributed by atoms with Crippen LogP contribution < -0.4 is 5.32 Å². The van der Waals surface area contributed by atoms with E-state index in [2.05, 4.69) is 10.3 Å². The highest BCUT2D eigenvalue weighted by atomic mass is 32.2. The zero-order chi connectivity index (χ0) is 27.8. The largest absolute Gasteiger partial charge is 0.444 e. The summed E-state index contributed by atoms with van der Waals surface area (Å²) in [5.74, 6) is -0.224. The van der Waals surface area contributed by atoms with Gasteiger partial charge in [0.15, 0.2) is 0 Å². The molecule has 0 bridgehead atoms. The van der Waals surface area contributed by atoms with Crippen LogP contribution in [-0.2, 0) is 21.3 Å². The average molecular weight is 554 g/mol. The molecule has 39 heavy (non-hydrogen) atoms.